The molecule has 1 atom stereocenters. The number of nitrogens with one attached hydrogen (secondary N) is 1. The van der Waals surface area contributed by atoms with Crippen LogP contribution in [-0.2, 0) is 32.6 Å². The summed E-state index contributed by atoms with van der Waals surface area (Å²) >= 11 is 12.5. The average molecular weight is 679 g/mol. The highest BCUT2D eigenvalue weighted by atomic mass is 35.5. The molecule has 46 heavy (non-hydrogen) atoms. The van der Waals surface area contributed by atoms with Crippen LogP contribution in [0.2, 0.25) is 10.0 Å². The molecule has 7 nitrogen and oxygen atoms in total. The molecule has 0 radical (unpaired) electrons. The van der Waals surface area contributed by atoms with Gasteiger partial charge in [-0.05, 0) is 60.0 Å². The molecule has 1 N–H and O–H groups in total. The van der Waals surface area contributed by atoms with Gasteiger partial charge in [-0.2, -0.15) is 0 Å². The van der Waals surface area contributed by atoms with Crippen LogP contribution in [0.4, 0.5) is 5.69 Å². The summed E-state index contributed by atoms with van der Waals surface area (Å²) in [5.41, 5.74) is 2.31. The Morgan fingerprint density at radius 1 is 0.870 bits per heavy atom. The molecule has 0 bridgehead atoms. The van der Waals surface area contributed by atoms with Gasteiger partial charge in [0, 0.05) is 37.4 Å². The minimum absolute atomic E-state index is 0.0572. The summed E-state index contributed by atoms with van der Waals surface area (Å²) in [5.74, 6) is -0.425. The van der Waals surface area contributed by atoms with Gasteiger partial charge in [0.2, 0.25) is 11.8 Å². The zero-order chi connectivity index (χ0) is 32.3. The van der Waals surface area contributed by atoms with Crippen molar-refractivity contribution in [2.75, 3.05) is 10.8 Å². The molecule has 6 rings (SSSR count). The van der Waals surface area contributed by atoms with Gasteiger partial charge in [-0.15, -0.1) is 0 Å². The number of hydrogen-bond donors (Lipinski definition) is 1. The standard InChI is InChI=1S/C36H37Cl2N3O4S/c37-29-20-19-26(22-30(29)38)24-40(32(23-25-10-3-1-4-11-25)36(43)39-28-14-5-2-6-15-28)34(42)18-9-21-41-31-16-7-12-27-13-8-17-33(35(27)31)46(41,44)45/h1,3-4,7-8,10-13,16-17,19-20,22,28,32H,2,5-6,9,14-15,18,21,23-24H2,(H,39,43)/t32-/m0/s1. The first-order valence-corrected chi connectivity index (χ1v) is 18.0. The number of sulfonamides is 1. The van der Waals surface area contributed by atoms with E-state index in [1.807, 2.05) is 54.6 Å². The number of anilines is 1. The Kier molecular flexibility index (Phi) is 9.87. The maximum Gasteiger partial charge on any atom is 0.265 e. The summed E-state index contributed by atoms with van der Waals surface area (Å²) in [5, 5.41) is 5.58. The van der Waals surface area contributed by atoms with Crippen LogP contribution in [0, 0.1) is 0 Å². The van der Waals surface area contributed by atoms with E-state index in [2.05, 4.69) is 5.32 Å². The predicted molar refractivity (Wildman–Crippen MR) is 184 cm³/mol. The van der Waals surface area contributed by atoms with E-state index in [1.54, 1.807) is 35.2 Å². The third-order valence-corrected chi connectivity index (χ3v) is 11.6. The van der Waals surface area contributed by atoms with Gasteiger partial charge in [-0.3, -0.25) is 13.9 Å². The molecule has 0 aromatic heterocycles. The Morgan fingerprint density at radius 3 is 2.35 bits per heavy atom. The molecule has 240 valence electrons. The molecule has 0 unspecified atom stereocenters. The van der Waals surface area contributed by atoms with Gasteiger partial charge >= 0.3 is 0 Å². The Balaban J connectivity index is 1.26. The van der Waals surface area contributed by atoms with Crippen LogP contribution < -0.4 is 9.62 Å². The van der Waals surface area contributed by atoms with Crippen LogP contribution in [0.3, 0.4) is 0 Å². The first kappa shape index (κ1) is 32.4. The molecule has 1 aliphatic heterocycles. The Morgan fingerprint density at radius 2 is 1.61 bits per heavy atom. The number of nitrogens with zero attached hydrogens (tertiary/aromatic N) is 2. The average Bonchev–Trinajstić information content (AvgIpc) is 3.28. The number of hydrogen-bond acceptors (Lipinski definition) is 4. The number of benzene rings is 4. The summed E-state index contributed by atoms with van der Waals surface area (Å²) in [6.45, 7) is 0.290. The van der Waals surface area contributed by atoms with Crippen molar-refractivity contribution in [3.05, 3.63) is 106 Å². The fraction of sp³-hybridized carbons (Fsp3) is 0.333. The first-order valence-electron chi connectivity index (χ1n) is 15.8. The topological polar surface area (TPSA) is 86.8 Å². The molecule has 0 spiro atoms. The minimum Gasteiger partial charge on any atom is -0.352 e. The van der Waals surface area contributed by atoms with Crippen LogP contribution in [0.15, 0.2) is 89.8 Å². The number of rotatable bonds is 11. The lowest BCUT2D eigenvalue weighted by molar-refractivity contribution is -0.141. The summed E-state index contributed by atoms with van der Waals surface area (Å²) in [6, 6.07) is 25.0. The molecule has 4 aromatic rings. The quantitative estimate of drug-likeness (QED) is 0.178. The van der Waals surface area contributed by atoms with Gasteiger partial charge in [0.25, 0.3) is 10.0 Å². The fourth-order valence-electron chi connectivity index (χ4n) is 6.65. The lowest BCUT2D eigenvalue weighted by Crippen LogP contribution is -2.52. The van der Waals surface area contributed by atoms with E-state index in [1.165, 1.54) is 4.31 Å². The van der Waals surface area contributed by atoms with Gasteiger partial charge in [0.15, 0.2) is 0 Å². The van der Waals surface area contributed by atoms with Crippen molar-refractivity contribution in [2.24, 2.45) is 0 Å². The molecular formula is C36H37Cl2N3O4S. The third kappa shape index (κ3) is 6.89. The third-order valence-electron chi connectivity index (χ3n) is 8.99. The van der Waals surface area contributed by atoms with Crippen LogP contribution >= 0.6 is 23.2 Å². The van der Waals surface area contributed by atoms with Crippen LogP contribution in [0.1, 0.15) is 56.1 Å². The van der Waals surface area contributed by atoms with Crippen molar-refractivity contribution in [3.63, 3.8) is 0 Å². The van der Waals surface area contributed by atoms with Crippen molar-refractivity contribution in [2.45, 2.75) is 74.9 Å². The van der Waals surface area contributed by atoms with Crippen molar-refractivity contribution in [3.8, 4) is 0 Å². The fourth-order valence-corrected chi connectivity index (χ4v) is 8.72. The number of carbonyl (C=O) groups is 2. The SMILES string of the molecule is O=C(NC1CCCCC1)[C@H](Cc1ccccc1)N(Cc1ccc(Cl)c(Cl)c1)C(=O)CCCN1c2cccc3cccc(c23)S1(=O)=O. The predicted octanol–water partition coefficient (Wildman–Crippen LogP) is 7.52. The Hall–Kier alpha value is -3.59. The molecule has 1 fully saturated rings. The van der Waals surface area contributed by atoms with Gasteiger partial charge in [-0.1, -0.05) is 103 Å². The molecule has 0 saturated heterocycles. The summed E-state index contributed by atoms with van der Waals surface area (Å²) < 4.78 is 28.4. The Bertz CT molecular complexity index is 1840. The molecule has 2 aliphatic rings. The lowest BCUT2D eigenvalue weighted by Gasteiger charge is -2.34. The molecule has 4 aromatic carbocycles. The van der Waals surface area contributed by atoms with E-state index in [0.29, 0.717) is 27.5 Å². The molecule has 10 heteroatoms. The molecule has 1 aliphatic carbocycles. The van der Waals surface area contributed by atoms with E-state index < -0.39 is 16.1 Å². The number of halogens is 2. The van der Waals surface area contributed by atoms with Crippen LogP contribution in [0.5, 0.6) is 0 Å². The second-order valence-electron chi connectivity index (χ2n) is 12.1. The maximum atomic E-state index is 14.2. The lowest BCUT2D eigenvalue weighted by atomic mass is 9.94. The molecule has 2 amide bonds. The van der Waals surface area contributed by atoms with Crippen molar-refractivity contribution < 1.29 is 18.0 Å². The highest BCUT2D eigenvalue weighted by molar-refractivity contribution is 7.93. The van der Waals surface area contributed by atoms with Crippen molar-refractivity contribution >= 4 is 61.5 Å². The first-order chi connectivity index (χ1) is 22.2. The summed E-state index contributed by atoms with van der Waals surface area (Å²) in [4.78, 5) is 30.1. The van der Waals surface area contributed by atoms with E-state index in [0.717, 1.165) is 48.6 Å². The number of amides is 2. The molecular weight excluding hydrogens is 641 g/mol. The van der Waals surface area contributed by atoms with Gasteiger partial charge < -0.3 is 10.2 Å². The molecule has 1 heterocycles. The zero-order valence-corrected chi connectivity index (χ0v) is 27.8. The highest BCUT2D eigenvalue weighted by Crippen LogP contribution is 2.42. The van der Waals surface area contributed by atoms with E-state index >= 15 is 0 Å². The zero-order valence-electron chi connectivity index (χ0n) is 25.5. The van der Waals surface area contributed by atoms with Gasteiger partial charge in [-0.25, -0.2) is 8.42 Å². The summed E-state index contributed by atoms with van der Waals surface area (Å²) in [6.07, 6.45) is 5.81. The normalized spacial score (nSPS) is 16.3. The van der Waals surface area contributed by atoms with Gasteiger partial charge in [0.1, 0.15) is 6.04 Å². The minimum atomic E-state index is -3.74. The summed E-state index contributed by atoms with van der Waals surface area (Å²) in [7, 11) is -3.74. The van der Waals surface area contributed by atoms with E-state index in [9.17, 15) is 18.0 Å². The van der Waals surface area contributed by atoms with E-state index in [4.69, 9.17) is 23.2 Å². The maximum absolute atomic E-state index is 14.2. The van der Waals surface area contributed by atoms with Crippen molar-refractivity contribution in [1.29, 1.82) is 0 Å². The monoisotopic (exact) mass is 677 g/mol. The second-order valence-corrected chi connectivity index (χ2v) is 14.8. The van der Waals surface area contributed by atoms with Crippen LogP contribution in [-0.4, -0.2) is 43.8 Å². The number of carbonyl (C=O) groups excluding carboxylic acids is 2. The van der Waals surface area contributed by atoms with Crippen LogP contribution in [0.25, 0.3) is 10.8 Å². The van der Waals surface area contributed by atoms with Gasteiger partial charge in [0.05, 0.1) is 20.6 Å². The second kappa shape index (κ2) is 14.0. The largest absolute Gasteiger partial charge is 0.352 e. The Labute approximate surface area is 280 Å². The van der Waals surface area contributed by atoms with E-state index in [-0.39, 0.29) is 48.7 Å². The van der Waals surface area contributed by atoms with Crippen molar-refractivity contribution in [1.82, 2.24) is 10.2 Å². The smallest absolute Gasteiger partial charge is 0.265 e. The highest BCUT2D eigenvalue weighted by Gasteiger charge is 2.36. The molecule has 1 saturated carbocycles.